The van der Waals surface area contributed by atoms with E-state index in [-0.39, 0.29) is 17.6 Å². The molecular formula is C30H31N5O5. The van der Waals surface area contributed by atoms with Gasteiger partial charge in [-0.15, -0.1) is 0 Å². The van der Waals surface area contributed by atoms with Gasteiger partial charge in [-0.1, -0.05) is 6.58 Å². The average Bonchev–Trinajstić information content (AvgIpc) is 3.54. The fourth-order valence-electron chi connectivity index (χ4n) is 4.45. The normalized spacial score (nSPS) is 16.9. The Bertz CT molecular complexity index is 1420. The number of hydrogen-bond acceptors (Lipinski definition) is 8. The molecule has 1 aliphatic heterocycles. The highest BCUT2D eigenvalue weighted by molar-refractivity contribution is 5.96. The molecule has 40 heavy (non-hydrogen) atoms. The van der Waals surface area contributed by atoms with Gasteiger partial charge in [0.25, 0.3) is 5.91 Å². The Morgan fingerprint density at radius 1 is 1.23 bits per heavy atom. The molecule has 0 unspecified atom stereocenters. The maximum atomic E-state index is 12.3. The van der Waals surface area contributed by atoms with Crippen molar-refractivity contribution < 1.29 is 23.4 Å². The van der Waals surface area contributed by atoms with E-state index in [1.165, 1.54) is 6.34 Å². The number of ether oxygens (including phenoxy) is 3. The molecule has 2 heterocycles. The molecule has 1 N–H and O–H groups in total. The Balaban J connectivity index is 1.59. The molecule has 1 saturated heterocycles. The number of likely N-dealkylation sites (tertiary alicyclic amines) is 1. The van der Waals surface area contributed by atoms with E-state index >= 15 is 0 Å². The van der Waals surface area contributed by atoms with E-state index in [2.05, 4.69) is 28.6 Å². The number of hydrogen-bond donors (Lipinski definition) is 1. The second-order valence-electron chi connectivity index (χ2n) is 9.00. The maximum absolute atomic E-state index is 12.3. The van der Waals surface area contributed by atoms with Gasteiger partial charge in [0.2, 0.25) is 0 Å². The molecule has 10 heteroatoms. The van der Waals surface area contributed by atoms with Crippen LogP contribution in [0.5, 0.6) is 5.75 Å². The maximum Gasteiger partial charge on any atom is 0.263 e. The smallest absolute Gasteiger partial charge is 0.263 e. The number of benzene rings is 1. The van der Waals surface area contributed by atoms with E-state index in [4.69, 9.17) is 23.9 Å². The van der Waals surface area contributed by atoms with Crippen LogP contribution >= 0.6 is 0 Å². The minimum absolute atomic E-state index is 0.0605. The first-order valence-electron chi connectivity index (χ1n) is 12.7. The Hall–Kier alpha value is -5.04. The molecule has 0 bridgehead atoms. The molecule has 0 spiro atoms. The van der Waals surface area contributed by atoms with Crippen molar-refractivity contribution >= 4 is 24.7 Å². The van der Waals surface area contributed by atoms with E-state index in [9.17, 15) is 4.79 Å². The van der Waals surface area contributed by atoms with Gasteiger partial charge in [-0.2, -0.15) is 5.26 Å². The Morgan fingerprint density at radius 3 is 2.67 bits per heavy atom. The number of furan rings is 1. The molecule has 4 rings (SSSR count). The van der Waals surface area contributed by atoms with Crippen molar-refractivity contribution in [3.63, 3.8) is 0 Å². The summed E-state index contributed by atoms with van der Waals surface area (Å²) in [5.74, 6) is 2.72. The summed E-state index contributed by atoms with van der Waals surface area (Å²) in [4.78, 5) is 22.2. The van der Waals surface area contributed by atoms with Gasteiger partial charge in [-0.25, -0.2) is 4.99 Å². The van der Waals surface area contributed by atoms with Gasteiger partial charge < -0.3 is 28.8 Å². The summed E-state index contributed by atoms with van der Waals surface area (Å²) in [5, 5.41) is 12.3. The minimum Gasteiger partial charge on any atom is -0.495 e. The van der Waals surface area contributed by atoms with Crippen molar-refractivity contribution in [2.24, 2.45) is 9.98 Å². The second kappa shape index (κ2) is 13.2. The molecular weight excluding hydrogens is 510 g/mol. The van der Waals surface area contributed by atoms with Gasteiger partial charge in [0.1, 0.15) is 41.4 Å². The SMILES string of the molecule is C=NC=N/C(Nc1cc(-c2ccco2)ccc1OC)=C1/C=C(OC2CCN(C(=O)C(=C)C#N)CC2)C(OC)=CC1. The number of aliphatic imine (C=N–C) groups is 2. The number of piperidine rings is 1. The number of nitrogens with one attached hydrogen (secondary N) is 1. The lowest BCUT2D eigenvalue weighted by Gasteiger charge is -2.33. The Labute approximate surface area is 233 Å². The summed E-state index contributed by atoms with van der Waals surface area (Å²) in [5.41, 5.74) is 2.33. The van der Waals surface area contributed by atoms with Gasteiger partial charge in [-0.05, 0) is 55.6 Å². The van der Waals surface area contributed by atoms with E-state index in [1.54, 1.807) is 25.4 Å². The number of methoxy groups -OCH3 is 2. The molecule has 2 aromatic rings. The zero-order valence-corrected chi connectivity index (χ0v) is 22.6. The third-order valence-corrected chi connectivity index (χ3v) is 6.52. The topological polar surface area (TPSA) is 122 Å². The number of carbonyl (C=O) groups is 1. The van der Waals surface area contributed by atoms with Crippen LogP contribution in [-0.2, 0) is 14.3 Å². The highest BCUT2D eigenvalue weighted by Crippen LogP contribution is 2.34. The van der Waals surface area contributed by atoms with E-state index < -0.39 is 0 Å². The molecule has 1 fully saturated rings. The molecule has 206 valence electrons. The van der Waals surface area contributed by atoms with Crippen molar-refractivity contribution in [2.45, 2.75) is 25.4 Å². The number of allylic oxidation sites excluding steroid dienone is 3. The molecule has 1 amide bonds. The van der Waals surface area contributed by atoms with Crippen LogP contribution in [0.3, 0.4) is 0 Å². The van der Waals surface area contributed by atoms with Gasteiger partial charge in [0.05, 0.1) is 26.2 Å². The lowest BCUT2D eigenvalue weighted by molar-refractivity contribution is -0.128. The van der Waals surface area contributed by atoms with Gasteiger partial charge in [0, 0.05) is 37.1 Å². The minimum atomic E-state index is -0.337. The number of nitrogens with zero attached hydrogens (tertiary/aromatic N) is 4. The molecule has 10 nitrogen and oxygen atoms in total. The van der Waals surface area contributed by atoms with Crippen LogP contribution in [0, 0.1) is 11.3 Å². The first-order valence-corrected chi connectivity index (χ1v) is 12.7. The monoisotopic (exact) mass is 541 g/mol. The third-order valence-electron chi connectivity index (χ3n) is 6.52. The highest BCUT2D eigenvalue weighted by Gasteiger charge is 2.27. The number of anilines is 1. The zero-order chi connectivity index (χ0) is 28.5. The van der Waals surface area contributed by atoms with Crippen LogP contribution in [0.4, 0.5) is 5.69 Å². The quantitative estimate of drug-likeness (QED) is 0.190. The van der Waals surface area contributed by atoms with Crippen LogP contribution in [0.2, 0.25) is 0 Å². The second-order valence-corrected chi connectivity index (χ2v) is 9.00. The Morgan fingerprint density at radius 2 is 2.02 bits per heavy atom. The van der Waals surface area contributed by atoms with Crippen LogP contribution in [0.15, 0.2) is 98.2 Å². The predicted molar refractivity (Wildman–Crippen MR) is 153 cm³/mol. The van der Waals surface area contributed by atoms with E-state index in [1.807, 2.05) is 48.6 Å². The van der Waals surface area contributed by atoms with Crippen LogP contribution in [-0.4, -0.2) is 57.3 Å². The molecule has 0 saturated carbocycles. The Kier molecular flexibility index (Phi) is 9.20. The van der Waals surface area contributed by atoms with Gasteiger partial charge >= 0.3 is 0 Å². The summed E-state index contributed by atoms with van der Waals surface area (Å²) in [6.45, 7) is 7.98. The summed E-state index contributed by atoms with van der Waals surface area (Å²) in [6.07, 6.45) is 8.41. The van der Waals surface area contributed by atoms with Gasteiger partial charge in [-0.3, -0.25) is 9.79 Å². The first kappa shape index (κ1) is 28.0. The molecule has 1 aliphatic carbocycles. The van der Waals surface area contributed by atoms with E-state index in [0.29, 0.717) is 61.1 Å². The van der Waals surface area contributed by atoms with Gasteiger partial charge in [0.15, 0.2) is 11.5 Å². The fraction of sp³-hybridized carbons (Fsp3) is 0.267. The molecule has 1 aromatic carbocycles. The number of amides is 1. The number of rotatable bonds is 10. The van der Waals surface area contributed by atoms with Crippen molar-refractivity contribution in [1.82, 2.24) is 4.90 Å². The van der Waals surface area contributed by atoms with Crippen molar-refractivity contribution in [3.8, 4) is 23.1 Å². The number of carbonyl (C=O) groups excluding carboxylic acids is 1. The van der Waals surface area contributed by atoms with Crippen molar-refractivity contribution in [2.75, 3.05) is 32.6 Å². The predicted octanol–water partition coefficient (Wildman–Crippen LogP) is 5.21. The van der Waals surface area contributed by atoms with E-state index in [0.717, 1.165) is 16.9 Å². The van der Waals surface area contributed by atoms with Crippen molar-refractivity contribution in [3.05, 3.63) is 83.8 Å². The molecule has 0 radical (unpaired) electrons. The standard InChI is InChI=1S/C30H31N5O5/c1-20(18-31)30(36)35-13-11-23(12-14-35)40-28-17-22(8-10-27(28)38-4)29(33-19-32-2)34-24-16-21(7-9-26(24)37-3)25-6-5-15-39-25/h5-7,9-10,15-17,19,23,34H,1-2,8,11-14H2,3-4H3/b29-22-,33-19?. The van der Waals surface area contributed by atoms with Crippen LogP contribution in [0.1, 0.15) is 19.3 Å². The molecule has 0 atom stereocenters. The largest absolute Gasteiger partial charge is 0.495 e. The lowest BCUT2D eigenvalue weighted by Crippen LogP contribution is -2.41. The van der Waals surface area contributed by atoms with Crippen LogP contribution in [0.25, 0.3) is 11.3 Å². The third kappa shape index (κ3) is 6.50. The highest BCUT2D eigenvalue weighted by atomic mass is 16.5. The summed E-state index contributed by atoms with van der Waals surface area (Å²) in [6, 6.07) is 11.2. The first-order chi connectivity index (χ1) is 19.5. The lowest BCUT2D eigenvalue weighted by atomic mass is 10.0. The average molecular weight is 542 g/mol. The zero-order valence-electron chi connectivity index (χ0n) is 22.6. The fourth-order valence-corrected chi connectivity index (χ4v) is 4.45. The summed E-state index contributed by atoms with van der Waals surface area (Å²) >= 11 is 0. The molecule has 2 aliphatic rings. The molecule has 1 aromatic heterocycles. The number of nitriles is 1. The summed E-state index contributed by atoms with van der Waals surface area (Å²) < 4.78 is 23.1. The summed E-state index contributed by atoms with van der Waals surface area (Å²) in [7, 11) is 3.19. The van der Waals surface area contributed by atoms with Crippen LogP contribution < -0.4 is 10.1 Å². The van der Waals surface area contributed by atoms with Crippen molar-refractivity contribution in [1.29, 1.82) is 5.26 Å².